The van der Waals surface area contributed by atoms with E-state index in [1.165, 1.54) is 12.3 Å². The van der Waals surface area contributed by atoms with Crippen LogP contribution in [0, 0.1) is 0 Å². The Morgan fingerprint density at radius 3 is 2.41 bits per heavy atom. The summed E-state index contributed by atoms with van der Waals surface area (Å²) in [6.07, 6.45) is 1.47. The molecule has 1 heterocycles. The van der Waals surface area contributed by atoms with Gasteiger partial charge in [-0.1, -0.05) is 30.3 Å². The minimum absolute atomic E-state index is 0.121. The van der Waals surface area contributed by atoms with Crippen LogP contribution in [0.15, 0.2) is 77.4 Å². The molecule has 3 aromatic rings. The number of furan rings is 1. The minimum atomic E-state index is -0.767. The first-order valence-electron chi connectivity index (χ1n) is 8.71. The third-order valence-corrected chi connectivity index (χ3v) is 3.67. The van der Waals surface area contributed by atoms with E-state index < -0.39 is 24.5 Å². The zero-order chi connectivity index (χ0) is 20.5. The average molecular weight is 394 g/mol. The molecule has 0 unspecified atom stereocenters. The summed E-state index contributed by atoms with van der Waals surface area (Å²) in [5.74, 6) is -0.132. The van der Waals surface area contributed by atoms with Crippen LogP contribution >= 0.6 is 0 Å². The van der Waals surface area contributed by atoms with Crippen molar-refractivity contribution in [3.63, 3.8) is 0 Å². The number of carbonyl (C=O) groups is 3. The summed E-state index contributed by atoms with van der Waals surface area (Å²) in [6.45, 7) is -0.497. The highest BCUT2D eigenvalue weighted by Crippen LogP contribution is 2.25. The molecule has 0 saturated heterocycles. The molecule has 0 aliphatic rings. The Labute approximate surface area is 166 Å². The number of benzene rings is 2. The number of ether oxygens (including phenoxy) is 2. The highest BCUT2D eigenvalue weighted by molar-refractivity contribution is 5.97. The quantitative estimate of drug-likeness (QED) is 0.596. The fourth-order valence-electron chi connectivity index (χ4n) is 2.34. The number of amides is 3. The molecule has 0 spiro atoms. The van der Waals surface area contributed by atoms with E-state index in [2.05, 4.69) is 10.6 Å². The normalized spacial score (nSPS) is 10.1. The lowest BCUT2D eigenvalue weighted by Gasteiger charge is -2.11. The lowest BCUT2D eigenvalue weighted by atomic mass is 10.2. The Kier molecular flexibility index (Phi) is 6.62. The summed E-state index contributed by atoms with van der Waals surface area (Å²) >= 11 is 0. The Hall–Kier alpha value is -4.07. The predicted octanol–water partition coefficient (Wildman–Crippen LogP) is 3.25. The van der Waals surface area contributed by atoms with E-state index in [9.17, 15) is 14.4 Å². The number of imide groups is 1. The molecular weight excluding hydrogens is 376 g/mol. The van der Waals surface area contributed by atoms with Gasteiger partial charge in [-0.15, -0.1) is 0 Å². The smallest absolute Gasteiger partial charge is 0.342 e. The van der Waals surface area contributed by atoms with Gasteiger partial charge in [0.1, 0.15) is 22.8 Å². The van der Waals surface area contributed by atoms with Crippen molar-refractivity contribution < 1.29 is 28.3 Å². The third kappa shape index (κ3) is 5.96. The summed E-state index contributed by atoms with van der Waals surface area (Å²) in [4.78, 5) is 35.8. The van der Waals surface area contributed by atoms with E-state index in [-0.39, 0.29) is 12.1 Å². The van der Waals surface area contributed by atoms with E-state index in [4.69, 9.17) is 13.9 Å². The molecule has 0 aliphatic heterocycles. The second-order valence-electron chi connectivity index (χ2n) is 5.80. The summed E-state index contributed by atoms with van der Waals surface area (Å²) in [5, 5.41) is 4.51. The molecule has 2 N–H and O–H groups in total. The second kappa shape index (κ2) is 9.75. The van der Waals surface area contributed by atoms with E-state index in [1.54, 1.807) is 54.6 Å². The third-order valence-electron chi connectivity index (χ3n) is 3.67. The van der Waals surface area contributed by atoms with E-state index in [1.807, 2.05) is 6.07 Å². The number of para-hydroxylation sites is 2. The molecule has 0 bridgehead atoms. The SMILES string of the molecule is O=C(COC(=O)c1ccccc1Oc1ccccc1)NC(=O)NCc1ccco1. The maximum Gasteiger partial charge on any atom is 0.342 e. The van der Waals surface area contributed by atoms with Crippen LogP contribution in [0.2, 0.25) is 0 Å². The highest BCUT2D eigenvalue weighted by Gasteiger charge is 2.17. The van der Waals surface area contributed by atoms with Crippen molar-refractivity contribution in [2.45, 2.75) is 6.54 Å². The molecule has 1 aromatic heterocycles. The number of hydrogen-bond acceptors (Lipinski definition) is 6. The summed E-state index contributed by atoms with van der Waals surface area (Å²) in [6, 6.07) is 18.1. The Balaban J connectivity index is 1.50. The molecule has 0 atom stereocenters. The lowest BCUT2D eigenvalue weighted by molar-refractivity contribution is -0.123. The molecule has 0 saturated carbocycles. The molecule has 29 heavy (non-hydrogen) atoms. The fraction of sp³-hybridized carbons (Fsp3) is 0.0952. The van der Waals surface area contributed by atoms with Crippen LogP contribution in [0.4, 0.5) is 4.79 Å². The first-order chi connectivity index (χ1) is 14.1. The number of nitrogens with one attached hydrogen (secondary N) is 2. The summed E-state index contributed by atoms with van der Waals surface area (Å²) in [7, 11) is 0. The minimum Gasteiger partial charge on any atom is -0.467 e. The monoisotopic (exact) mass is 394 g/mol. The Morgan fingerprint density at radius 2 is 1.66 bits per heavy atom. The zero-order valence-corrected chi connectivity index (χ0v) is 15.3. The molecule has 3 amide bonds. The fourth-order valence-corrected chi connectivity index (χ4v) is 2.34. The van der Waals surface area contributed by atoms with E-state index in [0.29, 0.717) is 17.3 Å². The standard InChI is InChI=1S/C21H18N2O6/c24-19(23-21(26)22-13-16-9-6-12-27-16)14-28-20(25)17-10-4-5-11-18(17)29-15-7-2-1-3-8-15/h1-12H,13-14H2,(H2,22,23,24,26). The molecular formula is C21H18N2O6. The van der Waals surface area contributed by atoms with Crippen molar-refractivity contribution in [1.29, 1.82) is 0 Å². The van der Waals surface area contributed by atoms with Gasteiger partial charge in [0.25, 0.3) is 5.91 Å². The molecule has 0 radical (unpaired) electrons. The number of rotatable bonds is 7. The van der Waals surface area contributed by atoms with Gasteiger partial charge in [-0.05, 0) is 36.4 Å². The van der Waals surface area contributed by atoms with Crippen molar-refractivity contribution in [1.82, 2.24) is 10.6 Å². The summed E-state index contributed by atoms with van der Waals surface area (Å²) in [5.41, 5.74) is 0.159. The molecule has 0 aliphatic carbocycles. The average Bonchev–Trinajstić information content (AvgIpc) is 3.25. The van der Waals surface area contributed by atoms with Gasteiger partial charge >= 0.3 is 12.0 Å². The second-order valence-corrected chi connectivity index (χ2v) is 5.80. The highest BCUT2D eigenvalue weighted by atomic mass is 16.5. The maximum absolute atomic E-state index is 12.3. The van der Waals surface area contributed by atoms with Gasteiger partial charge in [-0.3, -0.25) is 10.1 Å². The zero-order valence-electron chi connectivity index (χ0n) is 15.3. The molecule has 2 aromatic carbocycles. The summed E-state index contributed by atoms with van der Waals surface area (Å²) < 4.78 is 15.7. The van der Waals surface area contributed by atoms with Crippen LogP contribution in [-0.4, -0.2) is 24.5 Å². The van der Waals surface area contributed by atoms with Gasteiger partial charge < -0.3 is 19.2 Å². The number of carbonyl (C=O) groups excluding carboxylic acids is 3. The van der Waals surface area contributed by atoms with Crippen LogP contribution in [0.1, 0.15) is 16.1 Å². The largest absolute Gasteiger partial charge is 0.467 e. The molecule has 8 heteroatoms. The maximum atomic E-state index is 12.3. The molecule has 3 rings (SSSR count). The number of esters is 1. The van der Waals surface area contributed by atoms with Crippen molar-refractivity contribution in [2.24, 2.45) is 0 Å². The number of urea groups is 1. The van der Waals surface area contributed by atoms with Gasteiger partial charge in [0.2, 0.25) is 0 Å². The Bertz CT molecular complexity index is 970. The Morgan fingerprint density at radius 1 is 0.897 bits per heavy atom. The van der Waals surface area contributed by atoms with Crippen molar-refractivity contribution in [2.75, 3.05) is 6.61 Å². The van der Waals surface area contributed by atoms with Crippen molar-refractivity contribution in [3.8, 4) is 11.5 Å². The van der Waals surface area contributed by atoms with Gasteiger partial charge in [0, 0.05) is 0 Å². The van der Waals surface area contributed by atoms with Crippen LogP contribution in [0.25, 0.3) is 0 Å². The number of hydrogen-bond donors (Lipinski definition) is 2. The van der Waals surface area contributed by atoms with Gasteiger partial charge in [0.15, 0.2) is 6.61 Å². The van der Waals surface area contributed by atoms with Crippen LogP contribution in [0.3, 0.4) is 0 Å². The van der Waals surface area contributed by atoms with Crippen LogP contribution in [0.5, 0.6) is 11.5 Å². The molecule has 8 nitrogen and oxygen atoms in total. The van der Waals surface area contributed by atoms with E-state index >= 15 is 0 Å². The first kappa shape index (κ1) is 19.7. The molecule has 148 valence electrons. The predicted molar refractivity (Wildman–Crippen MR) is 102 cm³/mol. The molecule has 0 fully saturated rings. The van der Waals surface area contributed by atoms with E-state index in [0.717, 1.165) is 0 Å². The van der Waals surface area contributed by atoms with Gasteiger partial charge in [-0.25, -0.2) is 9.59 Å². The van der Waals surface area contributed by atoms with Gasteiger partial charge in [-0.2, -0.15) is 0 Å². The van der Waals surface area contributed by atoms with Crippen LogP contribution in [-0.2, 0) is 16.1 Å². The first-order valence-corrected chi connectivity index (χ1v) is 8.71. The van der Waals surface area contributed by atoms with Crippen LogP contribution < -0.4 is 15.4 Å². The van der Waals surface area contributed by atoms with Gasteiger partial charge in [0.05, 0.1) is 12.8 Å². The topological polar surface area (TPSA) is 107 Å². The lowest BCUT2D eigenvalue weighted by Crippen LogP contribution is -2.41. The van der Waals surface area contributed by atoms with Crippen molar-refractivity contribution >= 4 is 17.9 Å². The van der Waals surface area contributed by atoms with Crippen molar-refractivity contribution in [3.05, 3.63) is 84.3 Å².